The lowest BCUT2D eigenvalue weighted by Crippen LogP contribution is -2.45. The van der Waals surface area contributed by atoms with E-state index in [1.54, 1.807) is 22.6 Å². The molecule has 1 saturated heterocycles. The molecule has 20 heavy (non-hydrogen) atoms. The number of aliphatic carboxylic acids is 1. The second-order valence-electron chi connectivity index (χ2n) is 5.64. The molecule has 1 N–H and O–H groups in total. The van der Waals surface area contributed by atoms with E-state index >= 15 is 0 Å². The van der Waals surface area contributed by atoms with E-state index < -0.39 is 11.4 Å². The molecule has 0 bridgehead atoms. The fourth-order valence-corrected chi connectivity index (χ4v) is 2.54. The number of amides is 1. The highest BCUT2D eigenvalue weighted by Gasteiger charge is 2.38. The normalized spacial score (nSPS) is 18.1. The Balaban J connectivity index is 2.10. The molecule has 1 aliphatic heterocycles. The van der Waals surface area contributed by atoms with Gasteiger partial charge in [-0.05, 0) is 39.7 Å². The van der Waals surface area contributed by atoms with Crippen LogP contribution >= 0.6 is 0 Å². The Labute approximate surface area is 118 Å². The smallest absolute Gasteiger partial charge is 0.309 e. The van der Waals surface area contributed by atoms with E-state index in [9.17, 15) is 14.7 Å². The van der Waals surface area contributed by atoms with Crippen LogP contribution in [0, 0.1) is 12.3 Å². The van der Waals surface area contributed by atoms with Crippen molar-refractivity contribution in [2.45, 2.75) is 40.2 Å². The summed E-state index contributed by atoms with van der Waals surface area (Å²) in [5, 5.41) is 13.5. The predicted octanol–water partition coefficient (Wildman–Crippen LogP) is 1.54. The van der Waals surface area contributed by atoms with E-state index in [0.29, 0.717) is 38.2 Å². The Morgan fingerprint density at radius 2 is 2.00 bits per heavy atom. The third kappa shape index (κ3) is 2.55. The van der Waals surface area contributed by atoms with Crippen molar-refractivity contribution in [1.29, 1.82) is 0 Å². The number of likely N-dealkylation sites (tertiary alicyclic amines) is 1. The fourth-order valence-electron chi connectivity index (χ4n) is 2.54. The van der Waals surface area contributed by atoms with E-state index in [-0.39, 0.29) is 5.91 Å². The minimum absolute atomic E-state index is 0.0557. The van der Waals surface area contributed by atoms with Gasteiger partial charge in [0.05, 0.1) is 11.1 Å². The standard InChI is InChI=1S/C14H21N3O3/c1-4-17-11(9-10(2)15-17)12(18)16-7-5-14(3,6-8-16)13(19)20/h9H,4-8H2,1-3H3,(H,19,20). The Morgan fingerprint density at radius 3 is 2.50 bits per heavy atom. The first-order chi connectivity index (χ1) is 9.37. The number of hydrogen-bond donors (Lipinski definition) is 1. The van der Waals surface area contributed by atoms with Crippen LogP contribution in [0.25, 0.3) is 0 Å². The van der Waals surface area contributed by atoms with Gasteiger partial charge in [-0.15, -0.1) is 0 Å². The maximum absolute atomic E-state index is 12.5. The molecular weight excluding hydrogens is 258 g/mol. The minimum atomic E-state index is -0.779. The third-order valence-corrected chi connectivity index (χ3v) is 4.09. The predicted molar refractivity (Wildman–Crippen MR) is 73.5 cm³/mol. The lowest BCUT2D eigenvalue weighted by Gasteiger charge is -2.36. The highest BCUT2D eigenvalue weighted by molar-refractivity contribution is 5.93. The van der Waals surface area contributed by atoms with Crippen molar-refractivity contribution >= 4 is 11.9 Å². The molecular formula is C14H21N3O3. The van der Waals surface area contributed by atoms with Crippen LogP contribution in [-0.2, 0) is 11.3 Å². The second kappa shape index (κ2) is 5.26. The van der Waals surface area contributed by atoms with E-state index in [4.69, 9.17) is 0 Å². The molecule has 2 heterocycles. The average Bonchev–Trinajstić information content (AvgIpc) is 2.80. The van der Waals surface area contributed by atoms with Crippen molar-refractivity contribution in [3.05, 3.63) is 17.5 Å². The van der Waals surface area contributed by atoms with Crippen molar-refractivity contribution in [2.24, 2.45) is 5.41 Å². The number of carboxylic acid groups (broad SMARTS) is 1. The molecule has 0 atom stereocenters. The van der Waals surface area contributed by atoms with Gasteiger partial charge in [0.2, 0.25) is 0 Å². The molecule has 2 rings (SSSR count). The van der Waals surface area contributed by atoms with Gasteiger partial charge in [-0.25, -0.2) is 0 Å². The van der Waals surface area contributed by atoms with Crippen LogP contribution in [0.15, 0.2) is 6.07 Å². The van der Waals surface area contributed by atoms with Crippen LogP contribution in [0.2, 0.25) is 0 Å². The monoisotopic (exact) mass is 279 g/mol. The maximum atomic E-state index is 12.5. The first kappa shape index (κ1) is 14.6. The van der Waals surface area contributed by atoms with Crippen LogP contribution in [0.4, 0.5) is 0 Å². The SMILES string of the molecule is CCn1nc(C)cc1C(=O)N1CCC(C)(C(=O)O)CC1. The number of carbonyl (C=O) groups excluding carboxylic acids is 1. The van der Waals surface area contributed by atoms with Crippen molar-refractivity contribution in [3.8, 4) is 0 Å². The van der Waals surface area contributed by atoms with Crippen LogP contribution in [0.5, 0.6) is 0 Å². The molecule has 1 fully saturated rings. The molecule has 0 aliphatic carbocycles. The van der Waals surface area contributed by atoms with Gasteiger partial charge < -0.3 is 10.0 Å². The molecule has 1 amide bonds. The van der Waals surface area contributed by atoms with Gasteiger partial charge in [-0.1, -0.05) is 0 Å². The zero-order chi connectivity index (χ0) is 14.9. The third-order valence-electron chi connectivity index (χ3n) is 4.09. The Kier molecular flexibility index (Phi) is 3.83. The number of aryl methyl sites for hydroxylation is 2. The molecule has 0 radical (unpaired) electrons. The number of piperidine rings is 1. The number of carboxylic acids is 1. The molecule has 110 valence electrons. The quantitative estimate of drug-likeness (QED) is 0.910. The molecule has 0 spiro atoms. The fraction of sp³-hybridized carbons (Fsp3) is 0.643. The molecule has 0 aromatic carbocycles. The van der Waals surface area contributed by atoms with Crippen LogP contribution < -0.4 is 0 Å². The van der Waals surface area contributed by atoms with E-state index in [2.05, 4.69) is 5.10 Å². The summed E-state index contributed by atoms with van der Waals surface area (Å²) in [7, 11) is 0. The maximum Gasteiger partial charge on any atom is 0.309 e. The molecule has 1 aromatic heterocycles. The zero-order valence-corrected chi connectivity index (χ0v) is 12.2. The van der Waals surface area contributed by atoms with Crippen LogP contribution in [-0.4, -0.2) is 44.8 Å². The van der Waals surface area contributed by atoms with Gasteiger partial charge in [-0.2, -0.15) is 5.10 Å². The van der Waals surface area contributed by atoms with Crippen LogP contribution in [0.3, 0.4) is 0 Å². The largest absolute Gasteiger partial charge is 0.481 e. The van der Waals surface area contributed by atoms with Crippen molar-refractivity contribution in [1.82, 2.24) is 14.7 Å². The minimum Gasteiger partial charge on any atom is -0.481 e. The topological polar surface area (TPSA) is 75.4 Å². The number of aromatic nitrogens is 2. The summed E-state index contributed by atoms with van der Waals surface area (Å²) in [5.41, 5.74) is 0.698. The molecule has 0 saturated carbocycles. The van der Waals surface area contributed by atoms with Gasteiger partial charge in [0.25, 0.3) is 5.91 Å². The zero-order valence-electron chi connectivity index (χ0n) is 12.2. The molecule has 1 aliphatic rings. The summed E-state index contributed by atoms with van der Waals surface area (Å²) in [6, 6.07) is 1.79. The lowest BCUT2D eigenvalue weighted by atomic mass is 9.80. The Hall–Kier alpha value is -1.85. The van der Waals surface area contributed by atoms with Crippen molar-refractivity contribution in [3.63, 3.8) is 0 Å². The Bertz CT molecular complexity index is 528. The van der Waals surface area contributed by atoms with Gasteiger partial charge in [0.1, 0.15) is 5.69 Å². The summed E-state index contributed by atoms with van der Waals surface area (Å²) >= 11 is 0. The summed E-state index contributed by atoms with van der Waals surface area (Å²) in [5.74, 6) is -0.834. The summed E-state index contributed by atoms with van der Waals surface area (Å²) in [6.07, 6.45) is 0.987. The summed E-state index contributed by atoms with van der Waals surface area (Å²) in [6.45, 7) is 7.17. The van der Waals surface area contributed by atoms with Crippen LogP contribution in [0.1, 0.15) is 42.9 Å². The number of carbonyl (C=O) groups is 2. The molecule has 1 aromatic rings. The number of rotatable bonds is 3. The van der Waals surface area contributed by atoms with Crippen molar-refractivity contribution < 1.29 is 14.7 Å². The van der Waals surface area contributed by atoms with E-state index in [1.807, 2.05) is 13.8 Å². The van der Waals surface area contributed by atoms with Crippen molar-refractivity contribution in [2.75, 3.05) is 13.1 Å². The first-order valence-corrected chi connectivity index (χ1v) is 6.94. The second-order valence-corrected chi connectivity index (χ2v) is 5.64. The summed E-state index contributed by atoms with van der Waals surface area (Å²) < 4.78 is 1.70. The first-order valence-electron chi connectivity index (χ1n) is 6.94. The number of hydrogen-bond acceptors (Lipinski definition) is 3. The lowest BCUT2D eigenvalue weighted by molar-refractivity contribution is -0.150. The molecule has 6 heteroatoms. The Morgan fingerprint density at radius 1 is 1.40 bits per heavy atom. The molecule has 0 unspecified atom stereocenters. The summed E-state index contributed by atoms with van der Waals surface area (Å²) in [4.78, 5) is 25.4. The van der Waals surface area contributed by atoms with Gasteiger partial charge >= 0.3 is 5.97 Å². The van der Waals surface area contributed by atoms with Gasteiger partial charge in [0, 0.05) is 19.6 Å². The molecule has 6 nitrogen and oxygen atoms in total. The van der Waals surface area contributed by atoms with Gasteiger partial charge in [-0.3, -0.25) is 14.3 Å². The average molecular weight is 279 g/mol. The number of nitrogens with zero attached hydrogens (tertiary/aromatic N) is 3. The highest BCUT2D eigenvalue weighted by atomic mass is 16.4. The highest BCUT2D eigenvalue weighted by Crippen LogP contribution is 2.31. The van der Waals surface area contributed by atoms with E-state index in [0.717, 1.165) is 5.69 Å². The van der Waals surface area contributed by atoms with E-state index in [1.165, 1.54) is 0 Å². The van der Waals surface area contributed by atoms with Gasteiger partial charge in [0.15, 0.2) is 0 Å².